The van der Waals surface area contributed by atoms with Crippen molar-refractivity contribution >= 4 is 6.09 Å². The number of aromatic nitrogens is 1. The van der Waals surface area contributed by atoms with Crippen LogP contribution in [0.15, 0.2) is 18.3 Å². The first-order valence-electron chi connectivity index (χ1n) is 6.82. The second-order valence-corrected chi connectivity index (χ2v) is 5.64. The molecular formula is C14H17FN2O3. The lowest BCUT2D eigenvalue weighted by Gasteiger charge is -2.30. The Morgan fingerprint density at radius 2 is 2.30 bits per heavy atom. The molecular weight excluding hydrogens is 263 g/mol. The zero-order valence-electron chi connectivity index (χ0n) is 11.1. The first-order valence-corrected chi connectivity index (χ1v) is 6.82. The molecule has 1 saturated carbocycles. The molecule has 1 N–H and O–H groups in total. The summed E-state index contributed by atoms with van der Waals surface area (Å²) in [4.78, 5) is 15.9. The van der Waals surface area contributed by atoms with Crippen molar-refractivity contribution in [3.05, 3.63) is 24.3 Å². The van der Waals surface area contributed by atoms with E-state index in [1.165, 1.54) is 11.1 Å². The van der Waals surface area contributed by atoms with Crippen LogP contribution in [0.5, 0.6) is 5.75 Å². The fraction of sp³-hybridized carbons (Fsp3) is 0.571. The van der Waals surface area contributed by atoms with Crippen molar-refractivity contribution < 1.29 is 19.0 Å². The van der Waals surface area contributed by atoms with Gasteiger partial charge < -0.3 is 14.7 Å². The standard InChI is InChI=1S/C14H17FN2O3/c15-12-11(2-1-5-16-12)20-9-10-8-14(10)3-6-17(7-4-14)13(18)19/h1-2,5,10H,3-4,6-9H2,(H,18,19)/t10-/m0/s1. The van der Waals surface area contributed by atoms with Crippen molar-refractivity contribution in [3.63, 3.8) is 0 Å². The zero-order valence-corrected chi connectivity index (χ0v) is 11.1. The highest BCUT2D eigenvalue weighted by Gasteiger charge is 2.55. The van der Waals surface area contributed by atoms with E-state index in [4.69, 9.17) is 9.84 Å². The Balaban J connectivity index is 1.51. The van der Waals surface area contributed by atoms with Gasteiger partial charge in [0.2, 0.25) is 0 Å². The van der Waals surface area contributed by atoms with E-state index in [9.17, 15) is 9.18 Å². The molecule has 1 amide bonds. The molecule has 0 radical (unpaired) electrons. The summed E-state index contributed by atoms with van der Waals surface area (Å²) in [6.45, 7) is 1.66. The van der Waals surface area contributed by atoms with Gasteiger partial charge >= 0.3 is 6.09 Å². The van der Waals surface area contributed by atoms with Crippen LogP contribution in [0.3, 0.4) is 0 Å². The molecule has 1 aromatic heterocycles. The van der Waals surface area contributed by atoms with Crippen LogP contribution in [0.1, 0.15) is 19.3 Å². The van der Waals surface area contributed by atoms with E-state index >= 15 is 0 Å². The Bertz CT molecular complexity index is 515. The monoisotopic (exact) mass is 280 g/mol. The molecule has 1 aliphatic carbocycles. The van der Waals surface area contributed by atoms with E-state index in [-0.39, 0.29) is 11.2 Å². The van der Waals surface area contributed by atoms with Gasteiger partial charge in [0.15, 0.2) is 5.75 Å². The first kappa shape index (κ1) is 13.1. The highest BCUT2D eigenvalue weighted by atomic mass is 19.1. The van der Waals surface area contributed by atoms with Crippen molar-refractivity contribution in [1.29, 1.82) is 0 Å². The molecule has 6 heteroatoms. The van der Waals surface area contributed by atoms with Crippen molar-refractivity contribution in [1.82, 2.24) is 9.88 Å². The molecule has 20 heavy (non-hydrogen) atoms. The summed E-state index contributed by atoms with van der Waals surface area (Å²) in [5.41, 5.74) is 0.213. The van der Waals surface area contributed by atoms with Crippen LogP contribution >= 0.6 is 0 Å². The molecule has 0 bridgehead atoms. The molecule has 1 aromatic rings. The second kappa shape index (κ2) is 4.92. The number of pyridine rings is 1. The number of amides is 1. The summed E-state index contributed by atoms with van der Waals surface area (Å²) in [5.74, 6) is 0.0125. The fourth-order valence-corrected chi connectivity index (χ4v) is 3.09. The minimum atomic E-state index is -0.842. The van der Waals surface area contributed by atoms with Gasteiger partial charge in [0, 0.05) is 19.3 Å². The number of rotatable bonds is 3. The van der Waals surface area contributed by atoms with Crippen LogP contribution in [-0.2, 0) is 0 Å². The third kappa shape index (κ3) is 2.42. The maximum absolute atomic E-state index is 13.3. The lowest BCUT2D eigenvalue weighted by Crippen LogP contribution is -2.38. The van der Waals surface area contributed by atoms with Crippen molar-refractivity contribution in [3.8, 4) is 5.75 Å². The largest absolute Gasteiger partial charge is 0.488 e. The number of ether oxygens (including phenoxy) is 1. The molecule has 2 heterocycles. The lowest BCUT2D eigenvalue weighted by atomic mass is 9.91. The number of hydrogen-bond donors (Lipinski definition) is 1. The smallest absolute Gasteiger partial charge is 0.407 e. The number of halogens is 1. The van der Waals surface area contributed by atoms with Crippen LogP contribution in [0.2, 0.25) is 0 Å². The number of nitrogens with zero attached hydrogens (tertiary/aromatic N) is 2. The molecule has 0 aromatic carbocycles. The van der Waals surface area contributed by atoms with Gasteiger partial charge in [0.05, 0.1) is 6.61 Å². The molecule has 108 valence electrons. The minimum absolute atomic E-state index is 0.192. The summed E-state index contributed by atoms with van der Waals surface area (Å²) in [7, 11) is 0. The van der Waals surface area contributed by atoms with Gasteiger partial charge in [-0.2, -0.15) is 4.39 Å². The van der Waals surface area contributed by atoms with Gasteiger partial charge in [-0.05, 0) is 42.7 Å². The topological polar surface area (TPSA) is 62.7 Å². The highest BCUT2D eigenvalue weighted by molar-refractivity contribution is 5.65. The molecule has 3 rings (SSSR count). The highest BCUT2D eigenvalue weighted by Crippen LogP contribution is 2.59. The summed E-state index contributed by atoms with van der Waals surface area (Å²) >= 11 is 0. The lowest BCUT2D eigenvalue weighted by molar-refractivity contribution is 0.114. The average Bonchev–Trinajstić information content (AvgIpc) is 3.11. The molecule has 1 spiro atoms. The van der Waals surface area contributed by atoms with Crippen molar-refractivity contribution in [2.75, 3.05) is 19.7 Å². The Labute approximate surface area is 116 Å². The summed E-state index contributed by atoms with van der Waals surface area (Å²) in [5, 5.41) is 8.93. The van der Waals surface area contributed by atoms with Crippen LogP contribution < -0.4 is 4.74 Å². The third-order valence-electron chi connectivity index (χ3n) is 4.55. The Morgan fingerprint density at radius 3 is 2.95 bits per heavy atom. The van der Waals surface area contributed by atoms with Gasteiger partial charge in [-0.25, -0.2) is 9.78 Å². The van der Waals surface area contributed by atoms with Crippen molar-refractivity contribution in [2.24, 2.45) is 11.3 Å². The summed E-state index contributed by atoms with van der Waals surface area (Å²) in [6, 6.07) is 3.22. The van der Waals surface area contributed by atoms with E-state index in [0.717, 1.165) is 19.3 Å². The Hall–Kier alpha value is -1.85. The molecule has 1 aliphatic heterocycles. The number of carbonyl (C=O) groups is 1. The summed E-state index contributed by atoms with van der Waals surface area (Å²) < 4.78 is 18.8. The van der Waals surface area contributed by atoms with Gasteiger partial charge in [-0.3, -0.25) is 0 Å². The van der Waals surface area contributed by atoms with E-state index in [2.05, 4.69) is 4.98 Å². The number of hydrogen-bond acceptors (Lipinski definition) is 3. The molecule has 5 nitrogen and oxygen atoms in total. The third-order valence-corrected chi connectivity index (χ3v) is 4.55. The molecule has 2 fully saturated rings. The normalized spacial score (nSPS) is 23.6. The van der Waals surface area contributed by atoms with Gasteiger partial charge in [0.25, 0.3) is 5.95 Å². The fourth-order valence-electron chi connectivity index (χ4n) is 3.09. The zero-order chi connectivity index (χ0) is 14.2. The van der Waals surface area contributed by atoms with Gasteiger partial charge in [-0.1, -0.05) is 0 Å². The van der Waals surface area contributed by atoms with Crippen molar-refractivity contribution in [2.45, 2.75) is 19.3 Å². The van der Waals surface area contributed by atoms with E-state index in [1.807, 2.05) is 0 Å². The quantitative estimate of drug-likeness (QED) is 0.863. The SMILES string of the molecule is O=C(O)N1CCC2(CC1)C[C@H]2COc1cccnc1F. The van der Waals surface area contributed by atoms with Crippen LogP contribution in [0.25, 0.3) is 0 Å². The van der Waals surface area contributed by atoms with E-state index in [1.54, 1.807) is 12.1 Å². The predicted octanol–water partition coefficient (Wildman–Crippen LogP) is 2.38. The van der Waals surface area contributed by atoms with Crippen LogP contribution in [-0.4, -0.2) is 40.8 Å². The summed E-state index contributed by atoms with van der Waals surface area (Å²) in [6.07, 6.45) is 3.35. The van der Waals surface area contributed by atoms with E-state index in [0.29, 0.717) is 25.6 Å². The predicted molar refractivity (Wildman–Crippen MR) is 69.1 cm³/mol. The molecule has 1 atom stereocenters. The number of likely N-dealkylation sites (tertiary alicyclic amines) is 1. The Kier molecular flexibility index (Phi) is 3.23. The van der Waals surface area contributed by atoms with Gasteiger partial charge in [0.1, 0.15) is 0 Å². The van der Waals surface area contributed by atoms with E-state index < -0.39 is 12.0 Å². The minimum Gasteiger partial charge on any atom is -0.488 e. The van der Waals surface area contributed by atoms with Crippen LogP contribution in [0.4, 0.5) is 9.18 Å². The second-order valence-electron chi connectivity index (χ2n) is 5.64. The number of carboxylic acid groups (broad SMARTS) is 1. The first-order chi connectivity index (χ1) is 9.61. The molecule has 2 aliphatic rings. The number of piperidine rings is 1. The van der Waals surface area contributed by atoms with Gasteiger partial charge in [-0.15, -0.1) is 0 Å². The Morgan fingerprint density at radius 1 is 1.55 bits per heavy atom. The molecule has 1 saturated heterocycles. The molecule has 0 unspecified atom stereocenters. The maximum Gasteiger partial charge on any atom is 0.407 e. The maximum atomic E-state index is 13.3. The average molecular weight is 280 g/mol. The van der Waals surface area contributed by atoms with Crippen LogP contribution in [0, 0.1) is 17.3 Å².